The van der Waals surface area contributed by atoms with Crippen LogP contribution in [-0.2, 0) is 22.9 Å². The Morgan fingerprint density at radius 3 is 1.94 bits per heavy atom. The number of hydrogen-bond acceptors (Lipinski definition) is 8. The second-order valence-corrected chi connectivity index (χ2v) is 15.0. The van der Waals surface area contributed by atoms with Crippen molar-refractivity contribution >= 4 is 22.8 Å². The molecule has 1 saturated heterocycles. The van der Waals surface area contributed by atoms with Crippen LogP contribution in [0.4, 0.5) is 0 Å². The molecule has 0 aromatic heterocycles. The van der Waals surface area contributed by atoms with E-state index >= 15 is 0 Å². The smallest absolute Gasteiger partial charge is 0.359 e. The summed E-state index contributed by atoms with van der Waals surface area (Å²) in [4.78, 5) is 10.3. The lowest BCUT2D eigenvalue weighted by Gasteiger charge is -2.45. The first-order valence-corrected chi connectivity index (χ1v) is 14.7. The molecule has 1 fully saturated rings. The fraction of sp³-hybridized carbons (Fsp3) is 1.00. The molecule has 0 aromatic rings. The minimum Gasteiger partial charge on any atom is -0.388 e. The molecule has 2 radical (unpaired) electrons. The van der Waals surface area contributed by atoms with Gasteiger partial charge in [0.25, 0.3) is 0 Å². The molecule has 188 valence electrons. The van der Waals surface area contributed by atoms with E-state index in [1.807, 2.05) is 6.92 Å². The minimum atomic E-state index is -4.45. The van der Waals surface area contributed by atoms with E-state index in [1.54, 1.807) is 27.7 Å². The van der Waals surface area contributed by atoms with Gasteiger partial charge in [-0.3, -0.25) is 9.13 Å². The van der Waals surface area contributed by atoms with Gasteiger partial charge in [-0.1, -0.05) is 20.8 Å². The molecule has 32 heavy (non-hydrogen) atoms. The van der Waals surface area contributed by atoms with Gasteiger partial charge >= 0.3 is 7.60 Å². The summed E-state index contributed by atoms with van der Waals surface area (Å²) < 4.78 is 43.9. The molecule has 1 aliphatic heterocycles. The van der Waals surface area contributed by atoms with Crippen LogP contribution in [0.3, 0.4) is 0 Å². The van der Waals surface area contributed by atoms with Gasteiger partial charge in [-0.2, -0.15) is 0 Å². The standard InChI is InChI=1S/C20H41BO9P2/c1-9-14(29-32(26,27)18(4,5)24)20(7,11-3)31(8,25)30-19(6,10-2)12-13-15(22)16(23)17(21)28-13/h13-17,22-24H,9-12H2,1-8H3,(H,26,27)/t13-,14?,15-,16-,17-,19?,20?,31?/m1/s1. The fourth-order valence-corrected chi connectivity index (χ4v) is 7.50. The van der Waals surface area contributed by atoms with Gasteiger partial charge < -0.3 is 34.0 Å². The summed E-state index contributed by atoms with van der Waals surface area (Å²) in [5, 5.41) is 27.1. The fourth-order valence-electron chi connectivity index (χ4n) is 3.85. The Morgan fingerprint density at radius 1 is 1.06 bits per heavy atom. The highest BCUT2D eigenvalue weighted by Crippen LogP contribution is 2.66. The predicted molar refractivity (Wildman–Crippen MR) is 124 cm³/mol. The molecular formula is C20H41BO9P2. The molecule has 5 unspecified atom stereocenters. The monoisotopic (exact) mass is 498 g/mol. The van der Waals surface area contributed by atoms with Crippen LogP contribution < -0.4 is 0 Å². The highest BCUT2D eigenvalue weighted by molar-refractivity contribution is 7.60. The Kier molecular flexibility index (Phi) is 9.91. The van der Waals surface area contributed by atoms with E-state index in [0.717, 1.165) is 0 Å². The van der Waals surface area contributed by atoms with E-state index in [0.29, 0.717) is 12.8 Å². The van der Waals surface area contributed by atoms with Crippen LogP contribution in [0.15, 0.2) is 0 Å². The Morgan fingerprint density at radius 2 is 1.59 bits per heavy atom. The van der Waals surface area contributed by atoms with Crippen LogP contribution >= 0.6 is 15.0 Å². The molecule has 9 atom stereocenters. The van der Waals surface area contributed by atoms with Crippen LogP contribution in [0, 0.1) is 0 Å². The van der Waals surface area contributed by atoms with Gasteiger partial charge in [0.05, 0.1) is 29.1 Å². The summed E-state index contributed by atoms with van der Waals surface area (Å²) >= 11 is 0. The Balaban J connectivity index is 3.21. The van der Waals surface area contributed by atoms with Crippen LogP contribution in [0.2, 0.25) is 0 Å². The lowest BCUT2D eigenvalue weighted by atomic mass is 9.90. The summed E-state index contributed by atoms with van der Waals surface area (Å²) in [6.07, 6.45) is -3.03. The van der Waals surface area contributed by atoms with Crippen molar-refractivity contribution in [2.45, 2.75) is 121 Å². The van der Waals surface area contributed by atoms with Crippen LogP contribution in [0.5, 0.6) is 0 Å². The second kappa shape index (κ2) is 10.5. The van der Waals surface area contributed by atoms with E-state index < -0.39 is 61.5 Å². The molecular weight excluding hydrogens is 457 g/mol. The van der Waals surface area contributed by atoms with Gasteiger partial charge in [0.15, 0.2) is 5.34 Å². The number of aliphatic hydroxyl groups excluding tert-OH is 2. The second-order valence-electron chi connectivity index (χ2n) is 9.79. The van der Waals surface area contributed by atoms with E-state index in [2.05, 4.69) is 0 Å². The molecule has 0 bridgehead atoms. The molecule has 1 aliphatic rings. The maximum absolute atomic E-state index is 14.0. The SMILES string of the molecule is [B][C@@H]1O[C@H](CC(C)(CC)OP(C)(=O)C(C)(CC)C(CC)OP(=O)(O)C(C)(C)O)[C@@H](O)[C@H]1O. The predicted octanol–water partition coefficient (Wildman–Crippen LogP) is 2.96. The van der Waals surface area contributed by atoms with Crippen molar-refractivity contribution in [2.24, 2.45) is 0 Å². The van der Waals surface area contributed by atoms with Gasteiger partial charge in [0.1, 0.15) is 14.0 Å². The quantitative estimate of drug-likeness (QED) is 0.236. The first kappa shape index (κ1) is 30.3. The van der Waals surface area contributed by atoms with Gasteiger partial charge in [0.2, 0.25) is 7.37 Å². The van der Waals surface area contributed by atoms with E-state index in [1.165, 1.54) is 20.5 Å². The third-order valence-electron chi connectivity index (χ3n) is 6.84. The molecule has 1 rings (SSSR count). The van der Waals surface area contributed by atoms with Gasteiger partial charge in [-0.05, 0) is 47.0 Å². The largest absolute Gasteiger partial charge is 0.388 e. The minimum absolute atomic E-state index is 0.132. The molecule has 0 saturated carbocycles. The Bertz CT molecular complexity index is 730. The number of rotatable bonds is 12. The maximum atomic E-state index is 14.0. The number of hydrogen-bond donors (Lipinski definition) is 4. The zero-order valence-electron chi connectivity index (χ0n) is 20.5. The van der Waals surface area contributed by atoms with Crippen molar-refractivity contribution in [3.8, 4) is 0 Å². The molecule has 0 aliphatic carbocycles. The summed E-state index contributed by atoms with van der Waals surface area (Å²) in [7, 11) is -2.31. The van der Waals surface area contributed by atoms with Crippen LogP contribution in [-0.4, -0.2) is 81.2 Å². The van der Waals surface area contributed by atoms with E-state index in [-0.39, 0.29) is 12.8 Å². The molecule has 4 N–H and O–H groups in total. The lowest BCUT2D eigenvalue weighted by molar-refractivity contribution is -0.0348. The van der Waals surface area contributed by atoms with Crippen molar-refractivity contribution in [3.05, 3.63) is 0 Å². The molecule has 9 nitrogen and oxygen atoms in total. The first-order valence-electron chi connectivity index (χ1n) is 11.1. The average Bonchev–Trinajstić information content (AvgIpc) is 2.90. The maximum Gasteiger partial charge on any atom is 0.359 e. The zero-order valence-corrected chi connectivity index (χ0v) is 22.3. The molecule has 0 spiro atoms. The zero-order chi connectivity index (χ0) is 25.3. The highest BCUT2D eigenvalue weighted by atomic mass is 31.2. The molecule has 12 heteroatoms. The first-order chi connectivity index (χ1) is 14.3. The Hall–Kier alpha value is 0.245. The Labute approximate surface area is 193 Å². The van der Waals surface area contributed by atoms with E-state index in [9.17, 15) is 29.3 Å². The lowest BCUT2D eigenvalue weighted by Crippen LogP contribution is -2.44. The van der Waals surface area contributed by atoms with Crippen LogP contribution in [0.25, 0.3) is 0 Å². The summed E-state index contributed by atoms with van der Waals surface area (Å²) in [6, 6.07) is -1.02. The van der Waals surface area contributed by atoms with Gasteiger partial charge in [-0.25, -0.2) is 0 Å². The van der Waals surface area contributed by atoms with Gasteiger partial charge in [0, 0.05) is 19.1 Å². The molecule has 1 heterocycles. The van der Waals surface area contributed by atoms with Crippen LogP contribution in [0.1, 0.15) is 74.1 Å². The number of ether oxygens (including phenoxy) is 1. The van der Waals surface area contributed by atoms with Crippen molar-refractivity contribution in [3.63, 3.8) is 0 Å². The normalized spacial score (nSPS) is 33.0. The van der Waals surface area contributed by atoms with E-state index in [4.69, 9.17) is 21.6 Å². The van der Waals surface area contributed by atoms with Crippen molar-refractivity contribution in [1.82, 2.24) is 0 Å². The highest BCUT2D eigenvalue weighted by Gasteiger charge is 2.54. The summed E-state index contributed by atoms with van der Waals surface area (Å²) in [6.45, 7) is 12.6. The van der Waals surface area contributed by atoms with Gasteiger partial charge in [-0.15, -0.1) is 0 Å². The summed E-state index contributed by atoms with van der Waals surface area (Å²) in [5.74, 6) is 0. The third kappa shape index (κ3) is 6.27. The van der Waals surface area contributed by atoms with Crippen molar-refractivity contribution < 1.29 is 43.1 Å². The molecule has 0 aromatic carbocycles. The third-order valence-corrected chi connectivity index (χ3v) is 12.0. The topological polar surface area (TPSA) is 143 Å². The number of aliphatic hydroxyl groups is 3. The van der Waals surface area contributed by atoms with Crippen molar-refractivity contribution in [1.29, 1.82) is 0 Å². The van der Waals surface area contributed by atoms with Crippen molar-refractivity contribution in [2.75, 3.05) is 6.66 Å². The summed E-state index contributed by atoms with van der Waals surface area (Å²) in [5.41, 5.74) is -1.01. The average molecular weight is 498 g/mol. The molecule has 0 amide bonds.